The van der Waals surface area contributed by atoms with Gasteiger partial charge >= 0.3 is 5.97 Å². The number of carbonyl (C=O) groups is 2. The minimum Gasteiger partial charge on any atom is -0.466 e. The van der Waals surface area contributed by atoms with Crippen molar-refractivity contribution in [2.75, 3.05) is 32.1 Å². The first-order valence-electron chi connectivity index (χ1n) is 9.88. The number of β-amino-alcohol motifs (C(OH)–C–C–N with tert-alkyl or cyclic N) is 1. The predicted octanol–water partition coefficient (Wildman–Crippen LogP) is 2.79. The molecular formula is C23H23N3O5. The van der Waals surface area contributed by atoms with Crippen molar-refractivity contribution in [1.82, 2.24) is 9.88 Å². The van der Waals surface area contributed by atoms with Gasteiger partial charge in [-0.25, -0.2) is 9.78 Å². The third-order valence-corrected chi connectivity index (χ3v) is 5.24. The molecule has 2 aromatic carbocycles. The summed E-state index contributed by atoms with van der Waals surface area (Å²) < 4.78 is 10.7. The van der Waals surface area contributed by atoms with Crippen LogP contribution in [0.1, 0.15) is 11.1 Å². The summed E-state index contributed by atoms with van der Waals surface area (Å²) in [4.78, 5) is 31.0. The number of carbonyl (C=O) groups excluding carboxylic acids is 2. The summed E-state index contributed by atoms with van der Waals surface area (Å²) in [5.74, 6) is -0.485. The minimum atomic E-state index is -0.584. The lowest BCUT2D eigenvalue weighted by Crippen LogP contribution is -2.31. The molecule has 3 aromatic rings. The van der Waals surface area contributed by atoms with Crippen LogP contribution in [-0.2, 0) is 14.3 Å². The second kappa shape index (κ2) is 8.23. The average Bonchev–Trinajstić information content (AvgIpc) is 3.31. The van der Waals surface area contributed by atoms with Gasteiger partial charge in [-0.15, -0.1) is 0 Å². The summed E-state index contributed by atoms with van der Waals surface area (Å²) in [5, 5.41) is 12.3. The van der Waals surface area contributed by atoms with Gasteiger partial charge < -0.3 is 24.5 Å². The normalized spacial score (nSPS) is 13.9. The third-order valence-electron chi connectivity index (χ3n) is 5.24. The van der Waals surface area contributed by atoms with Crippen LogP contribution in [0.25, 0.3) is 22.6 Å². The monoisotopic (exact) mass is 421 g/mol. The number of rotatable bonds is 6. The minimum absolute atomic E-state index is 0.0810. The number of nitrogens with one attached hydrogen (secondary N) is 1. The number of nitrogens with zero attached hydrogens (tertiary/aromatic N) is 2. The van der Waals surface area contributed by atoms with Crippen molar-refractivity contribution in [2.45, 2.75) is 13.8 Å². The third kappa shape index (κ3) is 3.89. The van der Waals surface area contributed by atoms with Crippen molar-refractivity contribution in [2.24, 2.45) is 0 Å². The van der Waals surface area contributed by atoms with E-state index in [-0.39, 0.29) is 36.9 Å². The highest BCUT2D eigenvalue weighted by Crippen LogP contribution is 2.30. The van der Waals surface area contributed by atoms with E-state index >= 15 is 0 Å². The first-order valence-corrected chi connectivity index (χ1v) is 9.88. The standard InChI is InChI=1S/C23H23N3O5/c1-13-4-7-19-18(10-13)25-21(31-19)15-6-5-14(2)17(11-15)24-20-16(23(29)30-3)12-26(8-9-27)22(20)28/h4-7,10-11,24,27H,8-9,12H2,1-3H3. The number of hydrogen-bond acceptors (Lipinski definition) is 7. The molecule has 8 nitrogen and oxygen atoms in total. The molecule has 0 spiro atoms. The molecule has 1 amide bonds. The van der Waals surface area contributed by atoms with Gasteiger partial charge in [-0.05, 0) is 49.2 Å². The second-order valence-corrected chi connectivity index (χ2v) is 7.44. The van der Waals surface area contributed by atoms with Crippen LogP contribution in [0.3, 0.4) is 0 Å². The smallest absolute Gasteiger partial charge is 0.337 e. The Bertz CT molecular complexity index is 1210. The number of amides is 1. The van der Waals surface area contributed by atoms with Gasteiger partial charge in [0.1, 0.15) is 11.2 Å². The second-order valence-electron chi connectivity index (χ2n) is 7.44. The predicted molar refractivity (Wildman–Crippen MR) is 115 cm³/mol. The van der Waals surface area contributed by atoms with Gasteiger partial charge in [-0.3, -0.25) is 4.79 Å². The molecule has 0 aliphatic carbocycles. The Kier molecular flexibility index (Phi) is 5.48. The van der Waals surface area contributed by atoms with Crippen LogP contribution in [-0.4, -0.2) is 53.7 Å². The summed E-state index contributed by atoms with van der Waals surface area (Å²) in [7, 11) is 1.27. The fourth-order valence-electron chi connectivity index (χ4n) is 3.53. The Labute approximate surface area is 179 Å². The quantitative estimate of drug-likeness (QED) is 0.590. The average molecular weight is 421 g/mol. The van der Waals surface area contributed by atoms with Gasteiger partial charge in [0.05, 0.1) is 25.8 Å². The maximum Gasteiger partial charge on any atom is 0.337 e. The zero-order valence-electron chi connectivity index (χ0n) is 17.6. The molecule has 4 rings (SSSR count). The van der Waals surface area contributed by atoms with E-state index in [0.717, 1.165) is 22.2 Å². The Hall–Kier alpha value is -3.65. The van der Waals surface area contributed by atoms with Crippen molar-refractivity contribution >= 4 is 28.7 Å². The molecule has 2 N–H and O–H groups in total. The number of aryl methyl sites for hydroxylation is 2. The van der Waals surface area contributed by atoms with E-state index in [1.165, 1.54) is 12.0 Å². The van der Waals surface area contributed by atoms with Gasteiger partial charge in [-0.2, -0.15) is 0 Å². The highest BCUT2D eigenvalue weighted by molar-refractivity contribution is 6.08. The molecule has 0 saturated heterocycles. The lowest BCUT2D eigenvalue weighted by atomic mass is 10.1. The molecule has 1 aliphatic rings. The van der Waals surface area contributed by atoms with E-state index in [1.807, 2.05) is 50.2 Å². The fraction of sp³-hybridized carbons (Fsp3) is 0.261. The number of benzene rings is 2. The number of anilines is 1. The highest BCUT2D eigenvalue weighted by atomic mass is 16.5. The number of aliphatic hydroxyl groups excluding tert-OH is 1. The summed E-state index contributed by atoms with van der Waals surface area (Å²) in [6.45, 7) is 3.90. The number of aliphatic hydroxyl groups is 1. The van der Waals surface area contributed by atoms with Crippen LogP contribution in [0.15, 0.2) is 52.1 Å². The van der Waals surface area contributed by atoms with Crippen LogP contribution in [0.5, 0.6) is 0 Å². The number of oxazole rings is 1. The molecule has 0 bridgehead atoms. The van der Waals surface area contributed by atoms with Gasteiger partial charge in [0.2, 0.25) is 5.89 Å². The van der Waals surface area contributed by atoms with Crippen molar-refractivity contribution < 1.29 is 23.8 Å². The topological polar surface area (TPSA) is 105 Å². The molecule has 160 valence electrons. The number of esters is 1. The number of ether oxygens (including phenoxy) is 1. The van der Waals surface area contributed by atoms with E-state index in [4.69, 9.17) is 9.15 Å². The van der Waals surface area contributed by atoms with Gasteiger partial charge in [0.15, 0.2) is 5.58 Å². The van der Waals surface area contributed by atoms with Gasteiger partial charge in [0.25, 0.3) is 5.91 Å². The van der Waals surface area contributed by atoms with E-state index < -0.39 is 5.97 Å². The van der Waals surface area contributed by atoms with Crippen molar-refractivity contribution in [1.29, 1.82) is 0 Å². The van der Waals surface area contributed by atoms with Crippen molar-refractivity contribution in [3.8, 4) is 11.5 Å². The van der Waals surface area contributed by atoms with E-state index in [0.29, 0.717) is 17.2 Å². The zero-order valence-corrected chi connectivity index (χ0v) is 17.6. The SMILES string of the molecule is COC(=O)C1=C(Nc2cc(-c3nc4cc(C)ccc4o3)ccc2C)C(=O)N(CCO)C1. The molecule has 0 unspecified atom stereocenters. The summed E-state index contributed by atoms with van der Waals surface area (Å²) in [6, 6.07) is 11.4. The zero-order chi connectivity index (χ0) is 22.1. The van der Waals surface area contributed by atoms with E-state index in [9.17, 15) is 14.7 Å². The lowest BCUT2D eigenvalue weighted by Gasteiger charge is -2.15. The Balaban J connectivity index is 1.70. The maximum atomic E-state index is 12.8. The largest absolute Gasteiger partial charge is 0.466 e. The fourth-order valence-corrected chi connectivity index (χ4v) is 3.53. The Morgan fingerprint density at radius 1 is 1.26 bits per heavy atom. The molecule has 1 aromatic heterocycles. The van der Waals surface area contributed by atoms with Gasteiger partial charge in [-0.1, -0.05) is 12.1 Å². The number of fused-ring (bicyclic) bond motifs is 1. The molecule has 8 heteroatoms. The first-order chi connectivity index (χ1) is 14.9. The van der Waals surface area contributed by atoms with E-state index in [1.54, 1.807) is 0 Å². The summed E-state index contributed by atoms with van der Waals surface area (Å²) in [6.07, 6.45) is 0. The molecule has 0 atom stereocenters. The molecule has 1 aliphatic heterocycles. The van der Waals surface area contributed by atoms with Crippen LogP contribution in [0.2, 0.25) is 0 Å². The Morgan fingerprint density at radius 2 is 2.06 bits per heavy atom. The van der Waals surface area contributed by atoms with Crippen LogP contribution in [0.4, 0.5) is 5.69 Å². The highest BCUT2D eigenvalue weighted by Gasteiger charge is 2.34. The lowest BCUT2D eigenvalue weighted by molar-refractivity contribution is -0.136. The summed E-state index contributed by atoms with van der Waals surface area (Å²) in [5.41, 5.74) is 5.18. The van der Waals surface area contributed by atoms with Crippen LogP contribution < -0.4 is 5.32 Å². The molecule has 0 fully saturated rings. The summed E-state index contributed by atoms with van der Waals surface area (Å²) >= 11 is 0. The van der Waals surface area contributed by atoms with Crippen molar-refractivity contribution in [3.05, 3.63) is 58.8 Å². The van der Waals surface area contributed by atoms with Crippen LogP contribution >= 0.6 is 0 Å². The number of hydrogen-bond donors (Lipinski definition) is 2. The van der Waals surface area contributed by atoms with Crippen molar-refractivity contribution in [3.63, 3.8) is 0 Å². The molecule has 0 saturated carbocycles. The van der Waals surface area contributed by atoms with Gasteiger partial charge in [0, 0.05) is 17.8 Å². The van der Waals surface area contributed by atoms with Crippen LogP contribution in [0, 0.1) is 13.8 Å². The number of aromatic nitrogens is 1. The molecular weight excluding hydrogens is 398 g/mol. The molecule has 31 heavy (non-hydrogen) atoms. The molecule has 2 heterocycles. The molecule has 0 radical (unpaired) electrons. The first kappa shape index (κ1) is 20.6. The Morgan fingerprint density at radius 3 is 2.81 bits per heavy atom. The maximum absolute atomic E-state index is 12.8. The number of methoxy groups -OCH3 is 1. The van der Waals surface area contributed by atoms with E-state index in [2.05, 4.69) is 10.3 Å².